The summed E-state index contributed by atoms with van der Waals surface area (Å²) in [6, 6.07) is 4.58. The van der Waals surface area contributed by atoms with Crippen molar-refractivity contribution in [1.29, 1.82) is 0 Å². The molecule has 6 heteroatoms. The number of hydrogen-bond donors (Lipinski definition) is 1. The second-order valence-electron chi connectivity index (χ2n) is 9.08. The number of carbonyl (C=O) groups excluding carboxylic acids is 1. The van der Waals surface area contributed by atoms with Crippen LogP contribution in [0.4, 0.5) is 5.95 Å². The van der Waals surface area contributed by atoms with Gasteiger partial charge in [-0.2, -0.15) is 0 Å². The Bertz CT molecular complexity index is 868. The van der Waals surface area contributed by atoms with E-state index < -0.39 is 0 Å². The molecule has 1 amide bonds. The Balaban J connectivity index is 1.33. The van der Waals surface area contributed by atoms with Crippen LogP contribution < -0.4 is 5.32 Å². The normalized spacial score (nSPS) is 20.9. The average molecular weight is 406 g/mol. The van der Waals surface area contributed by atoms with Gasteiger partial charge in [-0.3, -0.25) is 9.78 Å². The molecule has 1 aliphatic heterocycles. The van der Waals surface area contributed by atoms with Gasteiger partial charge in [-0.25, -0.2) is 9.97 Å². The maximum atomic E-state index is 13.0. The maximum Gasteiger partial charge on any atom is 0.225 e. The molecular formula is C24H31N5O. The molecule has 5 rings (SSSR count). The van der Waals surface area contributed by atoms with Crippen LogP contribution in [0.5, 0.6) is 0 Å². The van der Waals surface area contributed by atoms with Gasteiger partial charge in [0.05, 0.1) is 5.69 Å². The lowest BCUT2D eigenvalue weighted by Crippen LogP contribution is -2.42. The van der Waals surface area contributed by atoms with Crippen LogP contribution >= 0.6 is 0 Å². The van der Waals surface area contributed by atoms with E-state index >= 15 is 0 Å². The lowest BCUT2D eigenvalue weighted by Gasteiger charge is -2.35. The molecule has 2 aliphatic carbocycles. The van der Waals surface area contributed by atoms with Gasteiger partial charge >= 0.3 is 0 Å². The molecule has 1 N–H and O–H groups in total. The first-order chi connectivity index (χ1) is 14.8. The maximum absolute atomic E-state index is 13.0. The molecule has 0 unspecified atom stereocenters. The lowest BCUT2D eigenvalue weighted by molar-refractivity contribution is -0.137. The summed E-state index contributed by atoms with van der Waals surface area (Å²) in [5, 5.41) is 3.44. The van der Waals surface area contributed by atoms with Gasteiger partial charge in [0.2, 0.25) is 11.9 Å². The smallest absolute Gasteiger partial charge is 0.225 e. The fourth-order valence-electron chi connectivity index (χ4n) is 4.92. The predicted molar refractivity (Wildman–Crippen MR) is 117 cm³/mol. The molecule has 6 nitrogen and oxygen atoms in total. The molecule has 30 heavy (non-hydrogen) atoms. The Hall–Kier alpha value is -2.50. The summed E-state index contributed by atoms with van der Waals surface area (Å²) in [6.07, 6.45) is 15.8. The molecule has 3 heterocycles. The highest BCUT2D eigenvalue weighted by atomic mass is 16.2. The van der Waals surface area contributed by atoms with Crippen LogP contribution in [0.2, 0.25) is 0 Å². The van der Waals surface area contributed by atoms with E-state index in [1.807, 2.05) is 30.7 Å². The minimum absolute atomic E-state index is 0.260. The zero-order valence-corrected chi connectivity index (χ0v) is 17.6. The highest BCUT2D eigenvalue weighted by molar-refractivity contribution is 5.79. The zero-order valence-electron chi connectivity index (χ0n) is 17.6. The molecule has 2 aromatic rings. The topological polar surface area (TPSA) is 71.0 Å². The van der Waals surface area contributed by atoms with Crippen molar-refractivity contribution >= 4 is 11.9 Å². The summed E-state index contributed by atoms with van der Waals surface area (Å²) in [5.74, 6) is 1.75. The van der Waals surface area contributed by atoms with E-state index in [0.29, 0.717) is 17.9 Å². The quantitative estimate of drug-likeness (QED) is 0.798. The molecule has 158 valence electrons. The van der Waals surface area contributed by atoms with Crippen molar-refractivity contribution in [2.24, 2.45) is 5.92 Å². The summed E-state index contributed by atoms with van der Waals surface area (Å²) >= 11 is 0. The molecule has 0 spiro atoms. The Kier molecular flexibility index (Phi) is 5.65. The molecule has 2 saturated carbocycles. The van der Waals surface area contributed by atoms with Crippen molar-refractivity contribution in [2.45, 2.75) is 69.7 Å². The summed E-state index contributed by atoms with van der Waals surface area (Å²) in [6.45, 7) is 1.68. The zero-order chi connectivity index (χ0) is 20.3. The van der Waals surface area contributed by atoms with Crippen LogP contribution in [-0.2, 0) is 4.79 Å². The third kappa shape index (κ3) is 4.32. The first kappa shape index (κ1) is 19.5. The minimum atomic E-state index is 0.260. The molecule has 1 saturated heterocycles. The fourth-order valence-corrected chi connectivity index (χ4v) is 4.92. The lowest BCUT2D eigenvalue weighted by atomic mass is 9.86. The van der Waals surface area contributed by atoms with Crippen molar-refractivity contribution in [3.05, 3.63) is 36.4 Å². The second kappa shape index (κ2) is 8.70. The number of nitrogens with one attached hydrogen (secondary N) is 1. The van der Waals surface area contributed by atoms with Gasteiger partial charge in [0.1, 0.15) is 0 Å². The van der Waals surface area contributed by atoms with Crippen molar-refractivity contribution in [2.75, 3.05) is 18.4 Å². The minimum Gasteiger partial charge on any atom is -0.351 e. The van der Waals surface area contributed by atoms with Crippen molar-refractivity contribution < 1.29 is 4.79 Å². The molecule has 3 aliphatic rings. The fraction of sp³-hybridized carbons (Fsp3) is 0.583. The molecule has 3 fully saturated rings. The summed E-state index contributed by atoms with van der Waals surface area (Å²) in [4.78, 5) is 28.8. The second-order valence-corrected chi connectivity index (χ2v) is 9.08. The van der Waals surface area contributed by atoms with Gasteiger partial charge in [-0.1, -0.05) is 19.3 Å². The van der Waals surface area contributed by atoms with Gasteiger partial charge < -0.3 is 10.2 Å². The van der Waals surface area contributed by atoms with E-state index in [1.165, 1.54) is 32.1 Å². The van der Waals surface area contributed by atoms with Crippen LogP contribution in [0.15, 0.2) is 30.7 Å². The van der Waals surface area contributed by atoms with E-state index in [9.17, 15) is 4.79 Å². The molecule has 0 atom stereocenters. The molecule has 2 aromatic heterocycles. The van der Waals surface area contributed by atoms with Crippen molar-refractivity contribution in [3.8, 4) is 11.1 Å². The van der Waals surface area contributed by atoms with Crippen molar-refractivity contribution in [3.63, 3.8) is 0 Å². The van der Waals surface area contributed by atoms with Crippen LogP contribution in [-0.4, -0.2) is 44.9 Å². The molecule has 0 radical (unpaired) electrons. The summed E-state index contributed by atoms with van der Waals surface area (Å²) < 4.78 is 0. The van der Waals surface area contributed by atoms with E-state index in [-0.39, 0.29) is 5.92 Å². The standard InChI is InChI=1S/C24H31N5O/c30-23(19-4-2-1-3-5-19)29-14-10-18(11-15-29)22-21(17-8-12-25-13-9-17)16-26-24(28-22)27-20-6-7-20/h8-9,12-13,16,18-20H,1-7,10-11,14-15H2,(H,26,27,28). The number of rotatable bonds is 5. The highest BCUT2D eigenvalue weighted by Gasteiger charge is 2.31. The van der Waals surface area contributed by atoms with Gasteiger partial charge in [0, 0.05) is 55.1 Å². The molecular weight excluding hydrogens is 374 g/mol. The van der Waals surface area contributed by atoms with E-state index in [4.69, 9.17) is 4.98 Å². The Labute approximate surface area is 178 Å². The molecule has 0 aromatic carbocycles. The van der Waals surface area contributed by atoms with Gasteiger partial charge in [0.15, 0.2) is 0 Å². The number of likely N-dealkylation sites (tertiary alicyclic amines) is 1. The Morgan fingerprint density at radius 1 is 0.967 bits per heavy atom. The number of pyridine rings is 1. The van der Waals surface area contributed by atoms with Crippen LogP contribution in [0.3, 0.4) is 0 Å². The van der Waals surface area contributed by atoms with E-state index in [2.05, 4.69) is 20.2 Å². The van der Waals surface area contributed by atoms with Gasteiger partial charge in [-0.05, 0) is 56.2 Å². The largest absolute Gasteiger partial charge is 0.351 e. The Morgan fingerprint density at radius 3 is 2.40 bits per heavy atom. The number of carbonyl (C=O) groups is 1. The van der Waals surface area contributed by atoms with E-state index in [0.717, 1.165) is 61.5 Å². The number of anilines is 1. The Morgan fingerprint density at radius 2 is 1.70 bits per heavy atom. The average Bonchev–Trinajstić information content (AvgIpc) is 3.64. The number of piperidine rings is 1. The van der Waals surface area contributed by atoms with Crippen LogP contribution in [0.1, 0.15) is 69.4 Å². The van der Waals surface area contributed by atoms with Gasteiger partial charge in [0.25, 0.3) is 0 Å². The predicted octanol–water partition coefficient (Wildman–Crippen LogP) is 4.40. The van der Waals surface area contributed by atoms with Crippen LogP contribution in [0.25, 0.3) is 11.1 Å². The van der Waals surface area contributed by atoms with Gasteiger partial charge in [-0.15, -0.1) is 0 Å². The highest BCUT2D eigenvalue weighted by Crippen LogP contribution is 2.36. The van der Waals surface area contributed by atoms with E-state index in [1.54, 1.807) is 0 Å². The third-order valence-electron chi connectivity index (χ3n) is 6.87. The summed E-state index contributed by atoms with van der Waals surface area (Å²) in [7, 11) is 0. The number of nitrogens with zero attached hydrogens (tertiary/aromatic N) is 4. The first-order valence-corrected chi connectivity index (χ1v) is 11.6. The summed E-state index contributed by atoms with van der Waals surface area (Å²) in [5.41, 5.74) is 3.32. The number of hydrogen-bond acceptors (Lipinski definition) is 5. The molecule has 0 bridgehead atoms. The number of amides is 1. The van der Waals surface area contributed by atoms with Crippen molar-refractivity contribution in [1.82, 2.24) is 19.9 Å². The SMILES string of the molecule is O=C(C1CCCCC1)N1CCC(c2nc(NC3CC3)ncc2-c2ccncc2)CC1. The van der Waals surface area contributed by atoms with Crippen LogP contribution in [0, 0.1) is 5.92 Å². The number of aromatic nitrogens is 3. The monoisotopic (exact) mass is 405 g/mol. The first-order valence-electron chi connectivity index (χ1n) is 11.6. The third-order valence-corrected chi connectivity index (χ3v) is 6.87.